The lowest BCUT2D eigenvalue weighted by molar-refractivity contribution is -0.384. The molecule has 0 bridgehead atoms. The van der Waals surface area contributed by atoms with Crippen LogP contribution in [0.5, 0.6) is 11.6 Å². The summed E-state index contributed by atoms with van der Waals surface area (Å²) in [5, 5.41) is 21.9. The van der Waals surface area contributed by atoms with E-state index in [1.807, 2.05) is 0 Å². The topological polar surface area (TPSA) is 137 Å². The van der Waals surface area contributed by atoms with E-state index < -0.39 is 4.92 Å². The second-order valence-electron chi connectivity index (χ2n) is 3.58. The lowest BCUT2D eigenvalue weighted by atomic mass is 10.3. The van der Waals surface area contributed by atoms with E-state index in [2.05, 4.69) is 15.1 Å². The summed E-state index contributed by atoms with van der Waals surface area (Å²) in [7, 11) is 0. The summed E-state index contributed by atoms with van der Waals surface area (Å²) >= 11 is 0. The first-order valence-corrected chi connectivity index (χ1v) is 5.32. The van der Waals surface area contributed by atoms with E-state index in [-0.39, 0.29) is 28.8 Å². The molecule has 0 aliphatic rings. The average molecular weight is 275 g/mol. The number of nitrogens with two attached hydrogens (primary N) is 1. The van der Waals surface area contributed by atoms with Crippen LogP contribution in [0.2, 0.25) is 0 Å². The maximum atomic E-state index is 10.6. The molecule has 0 radical (unpaired) electrons. The number of nitrogens with zero attached hydrogens (tertiary/aromatic N) is 4. The molecule has 20 heavy (non-hydrogen) atoms. The maximum Gasteiger partial charge on any atom is 0.273 e. The molecule has 2 rings (SSSR count). The molecule has 1 aromatic heterocycles. The number of hydrogen-bond acceptors (Lipinski definition) is 7. The zero-order valence-corrected chi connectivity index (χ0v) is 10.0. The highest BCUT2D eigenvalue weighted by atomic mass is 16.6. The highest BCUT2D eigenvalue weighted by molar-refractivity contribution is 5.94. The Kier molecular flexibility index (Phi) is 3.70. The molecule has 0 spiro atoms. The van der Waals surface area contributed by atoms with Gasteiger partial charge in [-0.25, -0.2) is 9.97 Å². The maximum absolute atomic E-state index is 10.6. The monoisotopic (exact) mass is 275 g/mol. The van der Waals surface area contributed by atoms with Crippen molar-refractivity contribution in [3.63, 3.8) is 0 Å². The summed E-state index contributed by atoms with van der Waals surface area (Å²) in [4.78, 5) is 17.9. The Bertz CT molecular complexity index is 656. The molecule has 0 unspecified atom stereocenters. The minimum atomic E-state index is -0.528. The van der Waals surface area contributed by atoms with Crippen molar-refractivity contribution in [2.24, 2.45) is 10.9 Å². The van der Waals surface area contributed by atoms with Crippen molar-refractivity contribution >= 4 is 11.5 Å². The quantitative estimate of drug-likeness (QED) is 0.282. The third-order valence-corrected chi connectivity index (χ3v) is 2.25. The van der Waals surface area contributed by atoms with Gasteiger partial charge in [0, 0.05) is 6.07 Å². The Morgan fingerprint density at radius 3 is 2.80 bits per heavy atom. The molecule has 0 saturated carbocycles. The number of non-ortho nitro benzene ring substituents is 1. The number of amidine groups is 1. The number of hydrogen-bond donors (Lipinski definition) is 2. The van der Waals surface area contributed by atoms with Crippen LogP contribution in [0.25, 0.3) is 0 Å². The molecule has 3 N–H and O–H groups in total. The molecule has 9 nitrogen and oxygen atoms in total. The van der Waals surface area contributed by atoms with E-state index in [1.54, 1.807) is 6.07 Å². The first-order chi connectivity index (χ1) is 9.60. The van der Waals surface area contributed by atoms with E-state index in [4.69, 9.17) is 15.7 Å². The largest absolute Gasteiger partial charge is 0.437 e. The van der Waals surface area contributed by atoms with Gasteiger partial charge in [0.25, 0.3) is 5.69 Å². The second kappa shape index (κ2) is 5.61. The van der Waals surface area contributed by atoms with Gasteiger partial charge in [-0.1, -0.05) is 11.2 Å². The zero-order valence-electron chi connectivity index (χ0n) is 10.0. The fourth-order valence-electron chi connectivity index (χ4n) is 1.33. The summed E-state index contributed by atoms with van der Waals surface area (Å²) in [6.45, 7) is 0. The van der Waals surface area contributed by atoms with Gasteiger partial charge in [0.1, 0.15) is 11.4 Å². The van der Waals surface area contributed by atoms with Crippen molar-refractivity contribution < 1.29 is 14.9 Å². The number of rotatable bonds is 4. The van der Waals surface area contributed by atoms with Crippen molar-refractivity contribution in [3.8, 4) is 11.6 Å². The van der Waals surface area contributed by atoms with Crippen LogP contribution in [0, 0.1) is 10.1 Å². The molecule has 1 aromatic carbocycles. The minimum Gasteiger partial charge on any atom is -0.437 e. The highest BCUT2D eigenvalue weighted by Crippen LogP contribution is 2.23. The summed E-state index contributed by atoms with van der Waals surface area (Å²) in [6, 6.07) is 5.65. The predicted octanol–water partition coefficient (Wildman–Crippen LogP) is 1.27. The zero-order chi connectivity index (χ0) is 14.5. The van der Waals surface area contributed by atoms with Gasteiger partial charge >= 0.3 is 0 Å². The van der Waals surface area contributed by atoms with Gasteiger partial charge in [0.2, 0.25) is 5.88 Å². The van der Waals surface area contributed by atoms with Crippen molar-refractivity contribution in [1.82, 2.24) is 9.97 Å². The SMILES string of the molecule is NC(=NO)c1cnc(Oc2cccc([N+](=O)[O-])c2)cn1. The van der Waals surface area contributed by atoms with Gasteiger partial charge < -0.3 is 15.7 Å². The number of nitro benzene ring substituents is 1. The molecule has 2 aromatic rings. The predicted molar refractivity (Wildman–Crippen MR) is 67.7 cm³/mol. The van der Waals surface area contributed by atoms with Gasteiger partial charge in [0.05, 0.1) is 23.4 Å². The van der Waals surface area contributed by atoms with Crippen molar-refractivity contribution in [2.75, 3.05) is 0 Å². The smallest absolute Gasteiger partial charge is 0.273 e. The lowest BCUT2D eigenvalue weighted by Gasteiger charge is -2.04. The van der Waals surface area contributed by atoms with Crippen molar-refractivity contribution in [3.05, 3.63) is 52.5 Å². The Labute approximate surface area is 112 Å². The third kappa shape index (κ3) is 2.96. The van der Waals surface area contributed by atoms with Crippen LogP contribution in [0.1, 0.15) is 5.69 Å². The number of benzene rings is 1. The minimum absolute atomic E-state index is 0.0938. The summed E-state index contributed by atoms with van der Waals surface area (Å²) in [5.41, 5.74) is 5.42. The van der Waals surface area contributed by atoms with Crippen molar-refractivity contribution in [2.45, 2.75) is 0 Å². The van der Waals surface area contributed by atoms with E-state index in [1.165, 1.54) is 30.6 Å². The normalized spacial score (nSPS) is 11.1. The van der Waals surface area contributed by atoms with Gasteiger partial charge in [-0.05, 0) is 6.07 Å². The molecule has 9 heteroatoms. The van der Waals surface area contributed by atoms with E-state index in [9.17, 15) is 10.1 Å². The number of nitro groups is 1. The molecule has 0 aliphatic heterocycles. The number of ether oxygens (including phenoxy) is 1. The number of oxime groups is 1. The molecule has 102 valence electrons. The summed E-state index contributed by atoms with van der Waals surface area (Å²) in [6.07, 6.45) is 2.51. The van der Waals surface area contributed by atoms with Crippen LogP contribution in [0.15, 0.2) is 41.8 Å². The van der Waals surface area contributed by atoms with E-state index in [0.29, 0.717) is 0 Å². The first-order valence-electron chi connectivity index (χ1n) is 5.32. The molecule has 0 aliphatic carbocycles. The molecule has 1 heterocycles. The fourth-order valence-corrected chi connectivity index (χ4v) is 1.33. The number of aromatic nitrogens is 2. The first kappa shape index (κ1) is 13.2. The highest BCUT2D eigenvalue weighted by Gasteiger charge is 2.08. The second-order valence-corrected chi connectivity index (χ2v) is 3.58. The molecular weight excluding hydrogens is 266 g/mol. The van der Waals surface area contributed by atoms with Crippen LogP contribution >= 0.6 is 0 Å². The van der Waals surface area contributed by atoms with Crippen LogP contribution < -0.4 is 10.5 Å². The Hall–Kier alpha value is -3.23. The van der Waals surface area contributed by atoms with Gasteiger partial charge in [0.15, 0.2) is 5.84 Å². The Morgan fingerprint density at radius 2 is 2.20 bits per heavy atom. The van der Waals surface area contributed by atoms with E-state index >= 15 is 0 Å². The van der Waals surface area contributed by atoms with Gasteiger partial charge in [-0.15, -0.1) is 0 Å². The van der Waals surface area contributed by atoms with Crippen LogP contribution in [-0.2, 0) is 0 Å². The van der Waals surface area contributed by atoms with E-state index in [0.717, 1.165) is 0 Å². The molecular formula is C11H9N5O4. The average Bonchev–Trinajstić information content (AvgIpc) is 2.47. The molecule has 0 fully saturated rings. The van der Waals surface area contributed by atoms with Crippen LogP contribution in [-0.4, -0.2) is 25.9 Å². The van der Waals surface area contributed by atoms with Gasteiger partial charge in [-0.3, -0.25) is 10.1 Å². The molecule has 0 saturated heterocycles. The Balaban J connectivity index is 2.18. The Morgan fingerprint density at radius 1 is 1.40 bits per heavy atom. The van der Waals surface area contributed by atoms with Crippen LogP contribution in [0.4, 0.5) is 5.69 Å². The molecule has 0 amide bonds. The van der Waals surface area contributed by atoms with Crippen LogP contribution in [0.3, 0.4) is 0 Å². The lowest BCUT2D eigenvalue weighted by Crippen LogP contribution is -2.15. The summed E-state index contributed by atoms with van der Waals surface area (Å²) in [5.74, 6) is 0.199. The fraction of sp³-hybridized carbons (Fsp3) is 0. The molecule has 0 atom stereocenters. The summed E-state index contributed by atoms with van der Waals surface area (Å²) < 4.78 is 5.32. The third-order valence-electron chi connectivity index (χ3n) is 2.25. The van der Waals surface area contributed by atoms with Gasteiger partial charge in [-0.2, -0.15) is 0 Å². The van der Waals surface area contributed by atoms with Crippen molar-refractivity contribution in [1.29, 1.82) is 0 Å². The standard InChI is InChI=1S/C11H9N5O4/c12-11(15-17)9-5-14-10(6-13-9)20-8-3-1-2-7(4-8)16(18)19/h1-6,17H,(H2,12,15).